The van der Waals surface area contributed by atoms with Crippen molar-refractivity contribution in [2.75, 3.05) is 5.32 Å². The zero-order valence-electron chi connectivity index (χ0n) is 12.2. The van der Waals surface area contributed by atoms with Crippen molar-refractivity contribution in [3.05, 3.63) is 45.4 Å². The highest BCUT2D eigenvalue weighted by Crippen LogP contribution is 2.18. The van der Waals surface area contributed by atoms with Gasteiger partial charge in [0.15, 0.2) is 0 Å². The van der Waals surface area contributed by atoms with Gasteiger partial charge in [-0.15, -0.1) is 11.3 Å². The van der Waals surface area contributed by atoms with Crippen LogP contribution in [0.25, 0.3) is 0 Å². The van der Waals surface area contributed by atoms with E-state index >= 15 is 0 Å². The molecule has 106 valence electrons. The highest BCUT2D eigenvalue weighted by atomic mass is 32.1. The predicted molar refractivity (Wildman–Crippen MR) is 84.4 cm³/mol. The minimum Gasteiger partial charge on any atom is -0.326 e. The summed E-state index contributed by atoms with van der Waals surface area (Å²) in [6.07, 6.45) is 2.19. The summed E-state index contributed by atoms with van der Waals surface area (Å²) < 4.78 is 0. The quantitative estimate of drug-likeness (QED) is 0.906. The van der Waals surface area contributed by atoms with Crippen molar-refractivity contribution >= 4 is 22.9 Å². The topological polar surface area (TPSA) is 42.0 Å². The Morgan fingerprint density at radius 1 is 1.25 bits per heavy atom. The van der Waals surface area contributed by atoms with Crippen molar-refractivity contribution in [3.8, 4) is 0 Å². The normalized spacial score (nSPS) is 10.6. The van der Waals surface area contributed by atoms with Crippen LogP contribution >= 0.6 is 11.3 Å². The lowest BCUT2D eigenvalue weighted by Crippen LogP contribution is -2.12. The van der Waals surface area contributed by atoms with Gasteiger partial charge < -0.3 is 5.32 Å². The fourth-order valence-electron chi connectivity index (χ4n) is 1.91. The maximum Gasteiger partial charge on any atom is 0.224 e. The SMILES string of the molecule is CCc1ccc(NC(=O)CCc2nc(C)c(C)s2)cc1. The molecule has 3 nitrogen and oxygen atoms in total. The molecule has 4 heteroatoms. The van der Waals surface area contributed by atoms with Gasteiger partial charge in [0, 0.05) is 23.4 Å². The first kappa shape index (κ1) is 14.7. The number of benzene rings is 1. The van der Waals surface area contributed by atoms with Crippen LogP contribution in [0.15, 0.2) is 24.3 Å². The molecule has 1 aromatic carbocycles. The van der Waals surface area contributed by atoms with E-state index in [1.165, 1.54) is 10.4 Å². The number of hydrogen-bond donors (Lipinski definition) is 1. The summed E-state index contributed by atoms with van der Waals surface area (Å²) in [6.45, 7) is 6.18. The summed E-state index contributed by atoms with van der Waals surface area (Å²) in [5.74, 6) is 0.0414. The third-order valence-corrected chi connectivity index (χ3v) is 4.42. The van der Waals surface area contributed by atoms with Crippen LogP contribution in [0.5, 0.6) is 0 Å². The fourth-order valence-corrected chi connectivity index (χ4v) is 2.85. The van der Waals surface area contributed by atoms with Crippen LogP contribution in [0.3, 0.4) is 0 Å². The molecule has 0 aliphatic rings. The first-order valence-corrected chi connectivity index (χ1v) is 7.72. The Labute approximate surface area is 124 Å². The third-order valence-electron chi connectivity index (χ3n) is 3.28. The van der Waals surface area contributed by atoms with Gasteiger partial charge in [-0.05, 0) is 38.0 Å². The molecule has 0 atom stereocenters. The van der Waals surface area contributed by atoms with Crippen molar-refractivity contribution in [2.24, 2.45) is 0 Å². The zero-order valence-corrected chi connectivity index (χ0v) is 13.0. The molecule has 0 radical (unpaired) electrons. The van der Waals surface area contributed by atoms with E-state index in [1.54, 1.807) is 11.3 Å². The monoisotopic (exact) mass is 288 g/mol. The van der Waals surface area contributed by atoms with E-state index in [1.807, 2.05) is 31.2 Å². The number of anilines is 1. The Kier molecular flexibility index (Phi) is 4.90. The summed E-state index contributed by atoms with van der Waals surface area (Å²) in [4.78, 5) is 17.6. The molecule has 0 aliphatic heterocycles. The molecular weight excluding hydrogens is 268 g/mol. The second-order valence-corrected chi connectivity index (χ2v) is 6.14. The Morgan fingerprint density at radius 2 is 1.95 bits per heavy atom. The second-order valence-electron chi connectivity index (χ2n) is 4.85. The molecule has 0 bridgehead atoms. The van der Waals surface area contributed by atoms with Crippen LogP contribution in [0.4, 0.5) is 5.69 Å². The lowest BCUT2D eigenvalue weighted by atomic mass is 10.1. The lowest BCUT2D eigenvalue weighted by Gasteiger charge is -2.05. The molecule has 2 rings (SSSR count). The molecular formula is C16H20N2OS. The molecule has 2 aromatic rings. The largest absolute Gasteiger partial charge is 0.326 e. The molecule has 1 heterocycles. The molecule has 1 aromatic heterocycles. The van der Waals surface area contributed by atoms with Crippen LogP contribution in [-0.4, -0.2) is 10.9 Å². The van der Waals surface area contributed by atoms with Gasteiger partial charge in [0.1, 0.15) is 0 Å². The summed E-state index contributed by atoms with van der Waals surface area (Å²) >= 11 is 1.68. The Morgan fingerprint density at radius 3 is 2.50 bits per heavy atom. The minimum absolute atomic E-state index is 0.0414. The molecule has 20 heavy (non-hydrogen) atoms. The number of rotatable bonds is 5. The first-order chi connectivity index (χ1) is 9.58. The van der Waals surface area contributed by atoms with Crippen molar-refractivity contribution in [1.82, 2.24) is 4.98 Å². The number of nitrogens with zero attached hydrogens (tertiary/aromatic N) is 1. The highest BCUT2D eigenvalue weighted by molar-refractivity contribution is 7.11. The van der Waals surface area contributed by atoms with Gasteiger partial charge in [-0.1, -0.05) is 19.1 Å². The van der Waals surface area contributed by atoms with Crippen molar-refractivity contribution in [2.45, 2.75) is 40.0 Å². The van der Waals surface area contributed by atoms with Crippen molar-refractivity contribution < 1.29 is 4.79 Å². The molecule has 0 spiro atoms. The fraction of sp³-hybridized carbons (Fsp3) is 0.375. The average molecular weight is 288 g/mol. The number of carbonyl (C=O) groups excluding carboxylic acids is 1. The molecule has 0 aliphatic carbocycles. The summed E-state index contributed by atoms with van der Waals surface area (Å²) in [5, 5.41) is 3.96. The number of thiazole rings is 1. The first-order valence-electron chi connectivity index (χ1n) is 6.90. The zero-order chi connectivity index (χ0) is 14.5. The minimum atomic E-state index is 0.0414. The summed E-state index contributed by atoms with van der Waals surface area (Å²) in [6, 6.07) is 8.00. The molecule has 1 N–H and O–H groups in total. The molecule has 0 saturated heterocycles. The van der Waals surface area contributed by atoms with E-state index < -0.39 is 0 Å². The number of nitrogens with one attached hydrogen (secondary N) is 1. The van der Waals surface area contributed by atoms with Crippen molar-refractivity contribution in [3.63, 3.8) is 0 Å². The van der Waals surface area contributed by atoms with E-state index in [-0.39, 0.29) is 5.91 Å². The van der Waals surface area contributed by atoms with Crippen LogP contribution in [0, 0.1) is 13.8 Å². The number of carbonyl (C=O) groups is 1. The van der Waals surface area contributed by atoms with Gasteiger partial charge in [0.05, 0.1) is 10.7 Å². The van der Waals surface area contributed by atoms with Gasteiger partial charge >= 0.3 is 0 Å². The lowest BCUT2D eigenvalue weighted by molar-refractivity contribution is -0.116. The number of aryl methyl sites for hydroxylation is 4. The van der Waals surface area contributed by atoms with Gasteiger partial charge in [-0.3, -0.25) is 4.79 Å². The maximum absolute atomic E-state index is 11.9. The van der Waals surface area contributed by atoms with Gasteiger partial charge in [0.25, 0.3) is 0 Å². The van der Waals surface area contributed by atoms with Gasteiger partial charge in [0.2, 0.25) is 5.91 Å². The van der Waals surface area contributed by atoms with Crippen LogP contribution in [0.1, 0.15) is 34.5 Å². The molecule has 0 unspecified atom stereocenters. The van der Waals surface area contributed by atoms with E-state index in [9.17, 15) is 4.79 Å². The molecule has 0 saturated carbocycles. The highest BCUT2D eigenvalue weighted by Gasteiger charge is 2.07. The predicted octanol–water partition coefficient (Wildman–Crippen LogP) is 3.89. The Bertz CT molecular complexity index is 568. The number of amides is 1. The van der Waals surface area contributed by atoms with Crippen LogP contribution in [0.2, 0.25) is 0 Å². The Balaban J connectivity index is 1.85. The van der Waals surface area contributed by atoms with Gasteiger partial charge in [-0.2, -0.15) is 0 Å². The Hall–Kier alpha value is -1.68. The average Bonchev–Trinajstić information content (AvgIpc) is 2.76. The number of aromatic nitrogens is 1. The standard InChI is InChI=1S/C16H20N2OS/c1-4-13-5-7-14(8-6-13)18-15(19)9-10-16-17-11(2)12(3)20-16/h5-8H,4,9-10H2,1-3H3,(H,18,19). The summed E-state index contributed by atoms with van der Waals surface area (Å²) in [7, 11) is 0. The maximum atomic E-state index is 11.9. The van der Waals surface area contributed by atoms with Crippen molar-refractivity contribution in [1.29, 1.82) is 0 Å². The van der Waals surface area contributed by atoms with E-state index in [0.29, 0.717) is 12.8 Å². The summed E-state index contributed by atoms with van der Waals surface area (Å²) in [5.41, 5.74) is 3.20. The van der Waals surface area contributed by atoms with E-state index in [4.69, 9.17) is 0 Å². The number of hydrogen-bond acceptors (Lipinski definition) is 3. The van der Waals surface area contributed by atoms with Crippen LogP contribution < -0.4 is 5.32 Å². The third kappa shape index (κ3) is 3.90. The van der Waals surface area contributed by atoms with E-state index in [2.05, 4.69) is 24.1 Å². The second kappa shape index (κ2) is 6.66. The molecule has 0 fully saturated rings. The smallest absolute Gasteiger partial charge is 0.224 e. The van der Waals surface area contributed by atoms with Crippen LogP contribution in [-0.2, 0) is 17.6 Å². The van der Waals surface area contributed by atoms with E-state index in [0.717, 1.165) is 22.8 Å². The van der Waals surface area contributed by atoms with Gasteiger partial charge in [-0.25, -0.2) is 4.98 Å². The molecule has 1 amide bonds.